The van der Waals surface area contributed by atoms with Gasteiger partial charge in [-0.05, 0) is 39.0 Å². The second kappa shape index (κ2) is 7.00. The van der Waals surface area contributed by atoms with Gasteiger partial charge in [-0.25, -0.2) is 9.78 Å². The van der Waals surface area contributed by atoms with Crippen molar-refractivity contribution in [1.29, 1.82) is 0 Å². The van der Waals surface area contributed by atoms with Crippen LogP contribution in [0.4, 0.5) is 4.79 Å². The third-order valence-electron chi connectivity index (χ3n) is 2.90. The molecule has 0 atom stereocenters. The Morgan fingerprint density at radius 3 is 2.61 bits per heavy atom. The van der Waals surface area contributed by atoms with Crippen molar-refractivity contribution in [3.63, 3.8) is 0 Å². The standard InChI is InChI=1S/C15H17Br2N3O3/c1-15(2,3)23-14(21)18-9-4-5-10-12(6-9)20(22)13(8-17)11(7-16)19-10/h4-6,22H,7-8H2,1-3H3/b18-9+. The summed E-state index contributed by atoms with van der Waals surface area (Å²) in [5, 5.41) is 11.7. The van der Waals surface area contributed by atoms with Crippen LogP contribution in [0.15, 0.2) is 23.2 Å². The van der Waals surface area contributed by atoms with Gasteiger partial charge in [-0.3, -0.25) is 0 Å². The number of carbonyl (C=O) groups excluding carboxylic acids is 1. The number of fused-ring (bicyclic) bond motifs is 1. The minimum Gasteiger partial charge on any atom is -0.442 e. The van der Waals surface area contributed by atoms with Crippen LogP contribution in [0.2, 0.25) is 0 Å². The first-order chi connectivity index (χ1) is 10.7. The van der Waals surface area contributed by atoms with Crippen molar-refractivity contribution in [2.45, 2.75) is 37.0 Å². The van der Waals surface area contributed by atoms with E-state index in [1.807, 2.05) is 0 Å². The van der Waals surface area contributed by atoms with Gasteiger partial charge in [0.15, 0.2) is 0 Å². The predicted octanol–water partition coefficient (Wildman–Crippen LogP) is 3.85. The van der Waals surface area contributed by atoms with Gasteiger partial charge in [-0.2, -0.15) is 9.72 Å². The van der Waals surface area contributed by atoms with Gasteiger partial charge in [0.05, 0.1) is 22.4 Å². The summed E-state index contributed by atoms with van der Waals surface area (Å²) in [6.45, 7) is 5.32. The molecule has 1 N–H and O–H groups in total. The minimum atomic E-state index is -0.674. The first kappa shape index (κ1) is 17.9. The second-order valence-electron chi connectivity index (χ2n) is 5.85. The van der Waals surface area contributed by atoms with E-state index in [9.17, 15) is 10.0 Å². The Kier molecular flexibility index (Phi) is 5.46. The highest BCUT2D eigenvalue weighted by Crippen LogP contribution is 2.23. The molecule has 6 nitrogen and oxygen atoms in total. The summed E-state index contributed by atoms with van der Waals surface area (Å²) in [4.78, 5) is 20.2. The number of hydrogen-bond donors (Lipinski definition) is 1. The highest BCUT2D eigenvalue weighted by molar-refractivity contribution is 9.09. The monoisotopic (exact) mass is 445 g/mol. The molecule has 0 saturated heterocycles. The second-order valence-corrected chi connectivity index (χ2v) is 6.97. The van der Waals surface area contributed by atoms with E-state index in [4.69, 9.17) is 4.74 Å². The number of aromatic nitrogens is 2. The third-order valence-corrected chi connectivity index (χ3v) is 3.96. The van der Waals surface area contributed by atoms with Crippen LogP contribution in [-0.4, -0.2) is 26.6 Å². The van der Waals surface area contributed by atoms with E-state index in [-0.39, 0.29) is 0 Å². The molecule has 2 aliphatic rings. The maximum absolute atomic E-state index is 11.8. The van der Waals surface area contributed by atoms with Gasteiger partial charge in [0.25, 0.3) is 0 Å². The number of nitrogens with zero attached hydrogens (tertiary/aromatic N) is 3. The average Bonchev–Trinajstić information content (AvgIpc) is 2.45. The first-order valence-corrected chi connectivity index (χ1v) is 9.13. The quantitative estimate of drug-likeness (QED) is 0.561. The van der Waals surface area contributed by atoms with E-state index in [0.717, 1.165) is 10.4 Å². The number of amides is 1. The molecular formula is C15H17Br2N3O3. The molecular weight excluding hydrogens is 430 g/mol. The van der Waals surface area contributed by atoms with Crippen LogP contribution in [0, 0.1) is 0 Å². The summed E-state index contributed by atoms with van der Waals surface area (Å²) in [7, 11) is 0. The van der Waals surface area contributed by atoms with Gasteiger partial charge in [0.1, 0.15) is 11.3 Å². The number of benzene rings is 1. The molecule has 0 aromatic carbocycles. The number of halogens is 2. The van der Waals surface area contributed by atoms with E-state index in [1.54, 1.807) is 39.0 Å². The van der Waals surface area contributed by atoms with Gasteiger partial charge in [0, 0.05) is 10.7 Å². The summed E-state index contributed by atoms with van der Waals surface area (Å²) in [6.07, 6.45) is -0.674. The fourth-order valence-electron chi connectivity index (χ4n) is 1.95. The topological polar surface area (TPSA) is 76.7 Å². The number of carbonyl (C=O) groups is 1. The SMILES string of the molecule is CC(C)(C)OC(=O)/N=c1\ccc2nc(CBr)c(CBr)n(O)c-2c1. The molecule has 124 valence electrons. The third kappa shape index (κ3) is 4.32. The Hall–Kier alpha value is -1.41. The van der Waals surface area contributed by atoms with Crippen molar-refractivity contribution in [3.8, 4) is 11.4 Å². The Bertz CT molecular complexity index is 766. The summed E-state index contributed by atoms with van der Waals surface area (Å²) in [6, 6.07) is 4.96. The smallest absolute Gasteiger partial charge is 0.434 e. The van der Waals surface area contributed by atoms with E-state index in [2.05, 4.69) is 41.8 Å². The molecule has 1 heterocycles. The lowest BCUT2D eigenvalue weighted by Crippen LogP contribution is -2.23. The number of ether oxygens (including phenoxy) is 1. The molecule has 23 heavy (non-hydrogen) atoms. The normalized spacial score (nSPS) is 12.7. The molecule has 2 rings (SSSR count). The van der Waals surface area contributed by atoms with Gasteiger partial charge in [-0.1, -0.05) is 31.9 Å². The molecule has 1 aliphatic heterocycles. The van der Waals surface area contributed by atoms with Gasteiger partial charge >= 0.3 is 6.09 Å². The van der Waals surface area contributed by atoms with Gasteiger partial charge in [-0.15, -0.1) is 0 Å². The van der Waals surface area contributed by atoms with Crippen LogP contribution >= 0.6 is 31.9 Å². The van der Waals surface area contributed by atoms with Crippen LogP contribution in [0.3, 0.4) is 0 Å². The van der Waals surface area contributed by atoms with Crippen molar-refractivity contribution in [3.05, 3.63) is 34.9 Å². The van der Waals surface area contributed by atoms with Crippen LogP contribution < -0.4 is 5.36 Å². The Labute approximate surface area is 150 Å². The molecule has 1 aliphatic carbocycles. The van der Waals surface area contributed by atoms with Crippen LogP contribution in [-0.2, 0) is 15.4 Å². The molecule has 0 saturated carbocycles. The van der Waals surface area contributed by atoms with Crippen molar-refractivity contribution in [1.82, 2.24) is 9.71 Å². The van der Waals surface area contributed by atoms with Crippen molar-refractivity contribution < 1.29 is 14.7 Å². The molecule has 0 radical (unpaired) electrons. The molecule has 0 bridgehead atoms. The Morgan fingerprint density at radius 2 is 2.04 bits per heavy atom. The molecule has 0 spiro atoms. The molecule has 0 aromatic rings. The maximum atomic E-state index is 11.8. The lowest BCUT2D eigenvalue weighted by Gasteiger charge is -2.17. The number of rotatable bonds is 2. The van der Waals surface area contributed by atoms with E-state index < -0.39 is 11.7 Å². The van der Waals surface area contributed by atoms with E-state index in [0.29, 0.717) is 33.1 Å². The largest absolute Gasteiger partial charge is 0.442 e. The fraction of sp³-hybridized carbons (Fsp3) is 0.400. The Balaban J connectivity index is 2.53. The zero-order valence-electron chi connectivity index (χ0n) is 13.0. The van der Waals surface area contributed by atoms with Gasteiger partial charge < -0.3 is 9.94 Å². The summed E-state index contributed by atoms with van der Waals surface area (Å²) < 4.78 is 6.22. The molecule has 0 aromatic heterocycles. The van der Waals surface area contributed by atoms with E-state index in [1.165, 1.54) is 0 Å². The predicted molar refractivity (Wildman–Crippen MR) is 93.1 cm³/mol. The molecule has 0 unspecified atom stereocenters. The highest BCUT2D eigenvalue weighted by Gasteiger charge is 2.17. The van der Waals surface area contributed by atoms with Crippen molar-refractivity contribution in [2.24, 2.45) is 4.99 Å². The summed E-state index contributed by atoms with van der Waals surface area (Å²) >= 11 is 6.69. The number of alkyl halides is 2. The van der Waals surface area contributed by atoms with Crippen LogP contribution in [0.5, 0.6) is 0 Å². The fourth-order valence-corrected chi connectivity index (χ4v) is 2.96. The number of hydrogen-bond acceptors (Lipinski definition) is 4. The highest BCUT2D eigenvalue weighted by atomic mass is 79.9. The molecule has 1 amide bonds. The van der Waals surface area contributed by atoms with Gasteiger partial charge in [0.2, 0.25) is 0 Å². The van der Waals surface area contributed by atoms with Crippen molar-refractivity contribution in [2.75, 3.05) is 0 Å². The lowest BCUT2D eigenvalue weighted by atomic mass is 10.2. The average molecular weight is 447 g/mol. The van der Waals surface area contributed by atoms with Crippen molar-refractivity contribution >= 4 is 38.0 Å². The zero-order valence-corrected chi connectivity index (χ0v) is 16.2. The zero-order chi connectivity index (χ0) is 17.2. The molecule has 0 fully saturated rings. The maximum Gasteiger partial charge on any atom is 0.434 e. The summed E-state index contributed by atoms with van der Waals surface area (Å²) in [5.74, 6) is 0. The Morgan fingerprint density at radius 1 is 1.35 bits per heavy atom. The lowest BCUT2D eigenvalue weighted by molar-refractivity contribution is 0.0597. The van der Waals surface area contributed by atoms with E-state index >= 15 is 0 Å². The first-order valence-electron chi connectivity index (χ1n) is 6.88. The minimum absolute atomic E-state index is 0.392. The van der Waals surface area contributed by atoms with Crippen LogP contribution in [0.25, 0.3) is 11.4 Å². The molecule has 8 heteroatoms. The summed E-state index contributed by atoms with van der Waals surface area (Å²) in [5.41, 5.74) is 1.82. The van der Waals surface area contributed by atoms with Crippen LogP contribution in [0.1, 0.15) is 32.2 Å².